The molecule has 0 atom stereocenters. The molecule has 0 spiro atoms. The average molecular weight is 230 g/mol. The molecule has 0 unspecified atom stereocenters. The van der Waals surface area contributed by atoms with Gasteiger partial charge in [-0.2, -0.15) is 0 Å². The van der Waals surface area contributed by atoms with Crippen molar-refractivity contribution in [2.24, 2.45) is 0 Å². The number of methoxy groups -OCH3 is 1. The highest BCUT2D eigenvalue weighted by Crippen LogP contribution is 2.44. The molecule has 2 heterocycles. The number of rotatable bonds is 1. The van der Waals surface area contributed by atoms with Gasteiger partial charge in [0.2, 0.25) is 5.88 Å². The van der Waals surface area contributed by atoms with Crippen LogP contribution in [0.5, 0.6) is 17.4 Å². The molecular weight excluding hydrogens is 220 g/mol. The predicted octanol–water partition coefficient (Wildman–Crippen LogP) is 2.14. The Labute approximate surface area is 96.3 Å². The zero-order chi connectivity index (χ0) is 12.0. The molecule has 3 rings (SSSR count). The van der Waals surface area contributed by atoms with Gasteiger partial charge in [-0.25, -0.2) is 4.98 Å². The maximum atomic E-state index is 10.1. The number of benzene rings is 1. The fourth-order valence-electron chi connectivity index (χ4n) is 2.09. The van der Waals surface area contributed by atoms with Crippen molar-refractivity contribution >= 4 is 21.7 Å². The monoisotopic (exact) mass is 230 g/mol. The molecule has 0 aliphatic heterocycles. The lowest BCUT2D eigenvalue weighted by Crippen LogP contribution is -1.88. The minimum Gasteiger partial charge on any atom is -0.505 e. The molecular formula is C12H10N2O3. The van der Waals surface area contributed by atoms with Crippen molar-refractivity contribution in [2.75, 3.05) is 7.11 Å². The molecule has 0 radical (unpaired) electrons. The highest BCUT2D eigenvalue weighted by atomic mass is 16.5. The number of aromatic nitrogens is 2. The lowest BCUT2D eigenvalue weighted by atomic mass is 10.1. The van der Waals surface area contributed by atoms with Crippen LogP contribution in [0.3, 0.4) is 0 Å². The number of phenols is 1. The number of pyridine rings is 1. The van der Waals surface area contributed by atoms with E-state index in [-0.39, 0.29) is 11.6 Å². The maximum absolute atomic E-state index is 10.1. The standard InChI is InChI=1S/C12H10N2O3/c1-17-11-6-3-2-4-13-9(6)10(15)8-7(11)5-14-12(8)16/h2-5,13,15-16H,1H3. The zero-order valence-corrected chi connectivity index (χ0v) is 9.06. The van der Waals surface area contributed by atoms with Gasteiger partial charge in [-0.05, 0) is 12.1 Å². The Morgan fingerprint density at radius 1 is 1.29 bits per heavy atom. The fourth-order valence-corrected chi connectivity index (χ4v) is 2.09. The fraction of sp³-hybridized carbons (Fsp3) is 0.0833. The second kappa shape index (κ2) is 3.28. The van der Waals surface area contributed by atoms with E-state index in [0.29, 0.717) is 22.0 Å². The van der Waals surface area contributed by atoms with Crippen LogP contribution in [0.15, 0.2) is 24.5 Å². The summed E-state index contributed by atoms with van der Waals surface area (Å²) >= 11 is 0. The molecule has 17 heavy (non-hydrogen) atoms. The van der Waals surface area contributed by atoms with Crippen molar-refractivity contribution in [1.82, 2.24) is 9.97 Å². The third kappa shape index (κ3) is 1.16. The number of ether oxygens (including phenoxy) is 1. The minimum absolute atomic E-state index is 0.0219. The van der Waals surface area contributed by atoms with Gasteiger partial charge >= 0.3 is 0 Å². The first-order valence-corrected chi connectivity index (χ1v) is 5.07. The third-order valence-corrected chi connectivity index (χ3v) is 2.83. The summed E-state index contributed by atoms with van der Waals surface area (Å²) in [5.41, 5.74) is 0.514. The molecule has 0 fully saturated rings. The largest absolute Gasteiger partial charge is 0.505 e. The molecule has 3 N–H and O–H groups in total. The molecule has 0 amide bonds. The number of aromatic amines is 1. The van der Waals surface area contributed by atoms with E-state index in [4.69, 9.17) is 4.74 Å². The summed E-state index contributed by atoms with van der Waals surface area (Å²) in [4.78, 5) is 6.72. The van der Waals surface area contributed by atoms with E-state index in [9.17, 15) is 10.2 Å². The molecule has 5 heteroatoms. The molecule has 5 nitrogen and oxygen atoms in total. The highest BCUT2D eigenvalue weighted by Gasteiger charge is 2.18. The van der Waals surface area contributed by atoms with E-state index in [0.717, 1.165) is 5.39 Å². The number of H-pyrrole nitrogens is 1. The van der Waals surface area contributed by atoms with Crippen LogP contribution in [0.4, 0.5) is 0 Å². The molecule has 3 aromatic rings. The Bertz CT molecular complexity index is 718. The summed E-state index contributed by atoms with van der Waals surface area (Å²) in [7, 11) is 1.54. The number of nitrogens with one attached hydrogen (secondary N) is 1. The van der Waals surface area contributed by atoms with Crippen LogP contribution < -0.4 is 4.74 Å². The van der Waals surface area contributed by atoms with Gasteiger partial charge in [-0.1, -0.05) is 0 Å². The Hall–Kier alpha value is -2.43. The summed E-state index contributed by atoms with van der Waals surface area (Å²) in [6.45, 7) is 0. The van der Waals surface area contributed by atoms with Gasteiger partial charge in [-0.15, -0.1) is 0 Å². The topological polar surface area (TPSA) is 78.4 Å². The molecule has 0 saturated carbocycles. The summed E-state index contributed by atoms with van der Waals surface area (Å²) in [6.07, 6.45) is 3.18. The molecule has 1 aromatic carbocycles. The van der Waals surface area contributed by atoms with E-state index in [1.165, 1.54) is 6.20 Å². The van der Waals surface area contributed by atoms with Crippen LogP contribution in [0.25, 0.3) is 21.7 Å². The molecule has 0 aliphatic carbocycles. The average Bonchev–Trinajstić information content (AvgIpc) is 2.73. The lowest BCUT2D eigenvalue weighted by molar-refractivity contribution is 0.423. The maximum Gasteiger partial charge on any atom is 0.222 e. The van der Waals surface area contributed by atoms with E-state index in [1.54, 1.807) is 13.3 Å². The van der Waals surface area contributed by atoms with Gasteiger partial charge < -0.3 is 19.9 Å². The number of hydrogen-bond donors (Lipinski definition) is 3. The summed E-state index contributed by atoms with van der Waals surface area (Å²) in [5.74, 6) is 0.360. The van der Waals surface area contributed by atoms with Gasteiger partial charge in [0.1, 0.15) is 5.75 Å². The third-order valence-electron chi connectivity index (χ3n) is 2.83. The second-order valence-corrected chi connectivity index (χ2v) is 3.71. The van der Waals surface area contributed by atoms with Crippen LogP contribution >= 0.6 is 0 Å². The van der Waals surface area contributed by atoms with Crippen LogP contribution in [-0.4, -0.2) is 27.3 Å². The van der Waals surface area contributed by atoms with Crippen molar-refractivity contribution in [2.45, 2.75) is 0 Å². The first-order chi connectivity index (χ1) is 8.24. The zero-order valence-electron chi connectivity index (χ0n) is 9.06. The van der Waals surface area contributed by atoms with E-state index in [1.807, 2.05) is 12.1 Å². The van der Waals surface area contributed by atoms with Crippen molar-refractivity contribution in [3.05, 3.63) is 24.5 Å². The van der Waals surface area contributed by atoms with E-state index >= 15 is 0 Å². The van der Waals surface area contributed by atoms with Crippen LogP contribution in [0, 0.1) is 0 Å². The molecule has 2 aromatic heterocycles. The first kappa shape index (κ1) is 9.77. The summed E-state index contributed by atoms with van der Waals surface area (Å²) in [6, 6.07) is 3.64. The number of hydrogen-bond acceptors (Lipinski definition) is 4. The summed E-state index contributed by atoms with van der Waals surface area (Å²) in [5, 5.41) is 21.4. The Morgan fingerprint density at radius 2 is 2.12 bits per heavy atom. The number of fused-ring (bicyclic) bond motifs is 2. The molecule has 0 aliphatic rings. The quantitative estimate of drug-likeness (QED) is 0.598. The lowest BCUT2D eigenvalue weighted by Gasteiger charge is -2.09. The van der Waals surface area contributed by atoms with Crippen molar-refractivity contribution in [3.8, 4) is 17.4 Å². The van der Waals surface area contributed by atoms with Crippen molar-refractivity contribution in [3.63, 3.8) is 0 Å². The predicted molar refractivity (Wildman–Crippen MR) is 63.5 cm³/mol. The Morgan fingerprint density at radius 3 is 2.88 bits per heavy atom. The molecule has 86 valence electrons. The number of aromatic hydroxyl groups is 2. The van der Waals surface area contributed by atoms with Crippen LogP contribution in [0.2, 0.25) is 0 Å². The summed E-state index contributed by atoms with van der Waals surface area (Å²) < 4.78 is 5.33. The van der Waals surface area contributed by atoms with Gasteiger partial charge in [-0.3, -0.25) is 0 Å². The molecule has 0 bridgehead atoms. The first-order valence-electron chi connectivity index (χ1n) is 5.07. The Balaban J connectivity index is 2.65. The van der Waals surface area contributed by atoms with Crippen molar-refractivity contribution < 1.29 is 14.9 Å². The van der Waals surface area contributed by atoms with E-state index < -0.39 is 0 Å². The highest BCUT2D eigenvalue weighted by molar-refractivity contribution is 6.11. The smallest absolute Gasteiger partial charge is 0.222 e. The normalized spacial score (nSPS) is 11.1. The van der Waals surface area contributed by atoms with Gasteiger partial charge in [0.25, 0.3) is 0 Å². The van der Waals surface area contributed by atoms with E-state index in [2.05, 4.69) is 9.97 Å². The van der Waals surface area contributed by atoms with Gasteiger partial charge in [0, 0.05) is 17.8 Å². The van der Waals surface area contributed by atoms with Crippen LogP contribution in [0.1, 0.15) is 0 Å². The SMILES string of the molecule is COc1c2ccc[nH]c2c(O)c2c(O)ncc12. The van der Waals surface area contributed by atoms with Gasteiger partial charge in [0.05, 0.1) is 23.4 Å². The van der Waals surface area contributed by atoms with Crippen LogP contribution in [-0.2, 0) is 0 Å². The molecule has 0 saturated heterocycles. The number of phenolic OH excluding ortho intramolecular Hbond substituents is 1. The second-order valence-electron chi connectivity index (χ2n) is 3.71. The van der Waals surface area contributed by atoms with Gasteiger partial charge in [0.15, 0.2) is 5.75 Å². The van der Waals surface area contributed by atoms with Crippen molar-refractivity contribution in [1.29, 1.82) is 0 Å². The minimum atomic E-state index is -0.199. The number of nitrogens with zero attached hydrogens (tertiary/aromatic N) is 1. The Kier molecular flexibility index (Phi) is 1.89.